The van der Waals surface area contributed by atoms with Gasteiger partial charge < -0.3 is 4.90 Å². The summed E-state index contributed by atoms with van der Waals surface area (Å²) in [6.45, 7) is 3.20. The van der Waals surface area contributed by atoms with E-state index in [0.717, 1.165) is 11.3 Å². The molecule has 27 heavy (non-hydrogen) atoms. The Bertz CT molecular complexity index is 859. The number of nitrogens with zero attached hydrogens (tertiary/aromatic N) is 2. The Hall–Kier alpha value is -2.34. The smallest absolute Gasteiger partial charge is 0.253 e. The van der Waals surface area contributed by atoms with E-state index in [9.17, 15) is 14.0 Å². The summed E-state index contributed by atoms with van der Waals surface area (Å²) in [6, 6.07) is 13.7. The predicted octanol–water partition coefficient (Wildman–Crippen LogP) is 3.85. The van der Waals surface area contributed by atoms with Crippen LogP contribution in [0.3, 0.4) is 0 Å². The minimum atomic E-state index is -0.348. The van der Waals surface area contributed by atoms with Gasteiger partial charge in [0, 0.05) is 24.3 Å². The minimum absolute atomic E-state index is 0.0347. The number of halogens is 1. The highest BCUT2D eigenvalue weighted by Crippen LogP contribution is 2.46. The monoisotopic (exact) mass is 384 g/mol. The van der Waals surface area contributed by atoms with Gasteiger partial charge in [-0.15, -0.1) is 11.8 Å². The molecule has 0 bridgehead atoms. The molecule has 4 rings (SSSR count). The second-order valence-electron chi connectivity index (χ2n) is 7.10. The summed E-state index contributed by atoms with van der Waals surface area (Å²) in [5.74, 6) is 0.187. The number of benzene rings is 2. The normalized spacial score (nSPS) is 19.0. The quantitative estimate of drug-likeness (QED) is 0.790. The van der Waals surface area contributed by atoms with Crippen LogP contribution in [0.5, 0.6) is 0 Å². The van der Waals surface area contributed by atoms with Gasteiger partial charge in [0.25, 0.3) is 5.91 Å². The van der Waals surface area contributed by atoms with Gasteiger partial charge in [-0.1, -0.05) is 17.7 Å². The van der Waals surface area contributed by atoms with Crippen LogP contribution in [-0.4, -0.2) is 40.4 Å². The van der Waals surface area contributed by atoms with E-state index < -0.39 is 0 Å². The summed E-state index contributed by atoms with van der Waals surface area (Å²) in [6.07, 6.45) is 1.41. The number of likely N-dealkylation sites (tertiary alicyclic amines) is 1. The van der Waals surface area contributed by atoms with E-state index in [4.69, 9.17) is 0 Å². The van der Waals surface area contributed by atoms with Gasteiger partial charge in [-0.25, -0.2) is 4.39 Å². The average Bonchev–Trinajstić information content (AvgIpc) is 2.99. The number of thioether (sulfide) groups is 1. The van der Waals surface area contributed by atoms with E-state index in [0.29, 0.717) is 37.2 Å². The molecule has 0 aliphatic carbocycles. The number of rotatable bonds is 2. The molecule has 4 nitrogen and oxygen atoms in total. The first-order chi connectivity index (χ1) is 13.0. The molecular weight excluding hydrogens is 363 g/mol. The van der Waals surface area contributed by atoms with E-state index >= 15 is 0 Å². The van der Waals surface area contributed by atoms with Crippen molar-refractivity contribution < 1.29 is 14.0 Å². The lowest BCUT2D eigenvalue weighted by Crippen LogP contribution is -2.53. The highest BCUT2D eigenvalue weighted by molar-refractivity contribution is 8.02. The zero-order chi connectivity index (χ0) is 19.0. The highest BCUT2D eigenvalue weighted by atomic mass is 32.2. The molecule has 0 unspecified atom stereocenters. The number of aryl methyl sites for hydroxylation is 1. The van der Waals surface area contributed by atoms with Gasteiger partial charge in [0.05, 0.1) is 10.6 Å². The van der Waals surface area contributed by atoms with Crippen LogP contribution < -0.4 is 4.90 Å². The van der Waals surface area contributed by atoms with Crippen LogP contribution in [0.2, 0.25) is 0 Å². The summed E-state index contributed by atoms with van der Waals surface area (Å²) >= 11 is 1.64. The largest absolute Gasteiger partial charge is 0.338 e. The van der Waals surface area contributed by atoms with Gasteiger partial charge in [0.15, 0.2) is 0 Å². The molecule has 2 aromatic rings. The van der Waals surface area contributed by atoms with E-state index in [1.165, 1.54) is 12.1 Å². The predicted molar refractivity (Wildman–Crippen MR) is 105 cm³/mol. The van der Waals surface area contributed by atoms with E-state index in [1.54, 1.807) is 23.9 Å². The third-order valence-electron chi connectivity index (χ3n) is 5.34. The van der Waals surface area contributed by atoms with Crippen LogP contribution in [-0.2, 0) is 4.79 Å². The number of piperidine rings is 1. The molecule has 1 spiro atoms. The molecule has 140 valence electrons. The number of hydrogen-bond donors (Lipinski definition) is 0. The zero-order valence-corrected chi connectivity index (χ0v) is 16.0. The molecule has 2 fully saturated rings. The SMILES string of the molecule is Cc1ccc(C(=O)N2CCC3(CC2)SCC(=O)N3c2ccc(F)cc2)cc1. The van der Waals surface area contributed by atoms with Crippen molar-refractivity contribution in [3.63, 3.8) is 0 Å². The summed E-state index contributed by atoms with van der Waals surface area (Å²) < 4.78 is 13.3. The third-order valence-corrected chi connectivity index (χ3v) is 6.86. The fourth-order valence-corrected chi connectivity index (χ4v) is 5.16. The van der Waals surface area contributed by atoms with Crippen LogP contribution in [0.1, 0.15) is 28.8 Å². The topological polar surface area (TPSA) is 40.6 Å². The Kier molecular flexibility index (Phi) is 4.68. The second-order valence-corrected chi connectivity index (χ2v) is 8.44. The van der Waals surface area contributed by atoms with Gasteiger partial charge in [0.1, 0.15) is 5.82 Å². The fraction of sp³-hybridized carbons (Fsp3) is 0.333. The lowest BCUT2D eigenvalue weighted by Gasteiger charge is -2.44. The Labute approximate surface area is 162 Å². The first kappa shape index (κ1) is 18.0. The summed E-state index contributed by atoms with van der Waals surface area (Å²) in [5, 5.41) is 0. The van der Waals surface area contributed by atoms with Crippen LogP contribution in [0.4, 0.5) is 10.1 Å². The first-order valence-electron chi connectivity index (χ1n) is 9.07. The molecule has 0 N–H and O–H groups in total. The van der Waals surface area contributed by atoms with Crippen LogP contribution >= 0.6 is 11.8 Å². The lowest BCUT2D eigenvalue weighted by molar-refractivity contribution is -0.116. The Morgan fingerprint density at radius 1 is 1.04 bits per heavy atom. The lowest BCUT2D eigenvalue weighted by atomic mass is 10.00. The van der Waals surface area contributed by atoms with Crippen molar-refractivity contribution in [3.8, 4) is 0 Å². The molecule has 0 saturated carbocycles. The van der Waals surface area contributed by atoms with Crippen molar-refractivity contribution in [1.29, 1.82) is 0 Å². The van der Waals surface area contributed by atoms with Crippen molar-refractivity contribution in [2.75, 3.05) is 23.7 Å². The maximum atomic E-state index is 13.3. The summed E-state index contributed by atoms with van der Waals surface area (Å²) in [5.41, 5.74) is 2.55. The molecule has 0 aromatic heterocycles. The Morgan fingerprint density at radius 2 is 1.67 bits per heavy atom. The van der Waals surface area contributed by atoms with Gasteiger partial charge in [-0.2, -0.15) is 0 Å². The molecular formula is C21H21FN2O2S. The van der Waals surface area contributed by atoms with Crippen LogP contribution in [0, 0.1) is 12.7 Å². The molecule has 0 radical (unpaired) electrons. The average molecular weight is 384 g/mol. The molecule has 2 heterocycles. The minimum Gasteiger partial charge on any atom is -0.338 e. The van der Waals surface area contributed by atoms with Gasteiger partial charge in [-0.05, 0) is 56.2 Å². The molecule has 2 amide bonds. The van der Waals surface area contributed by atoms with Crippen LogP contribution in [0.15, 0.2) is 48.5 Å². The van der Waals surface area contributed by atoms with Crippen molar-refractivity contribution >= 4 is 29.3 Å². The van der Waals surface area contributed by atoms with Gasteiger partial charge >= 0.3 is 0 Å². The van der Waals surface area contributed by atoms with Crippen molar-refractivity contribution in [2.24, 2.45) is 0 Å². The molecule has 2 saturated heterocycles. The molecule has 2 aliphatic heterocycles. The maximum absolute atomic E-state index is 13.3. The maximum Gasteiger partial charge on any atom is 0.253 e. The highest BCUT2D eigenvalue weighted by Gasteiger charge is 2.49. The molecule has 0 atom stereocenters. The Balaban J connectivity index is 1.51. The van der Waals surface area contributed by atoms with Crippen molar-refractivity contribution in [1.82, 2.24) is 4.90 Å². The second kappa shape index (κ2) is 7.00. The van der Waals surface area contributed by atoms with E-state index in [1.807, 2.05) is 41.0 Å². The number of amides is 2. The van der Waals surface area contributed by atoms with Crippen LogP contribution in [0.25, 0.3) is 0 Å². The zero-order valence-electron chi connectivity index (χ0n) is 15.2. The first-order valence-corrected chi connectivity index (χ1v) is 10.1. The van der Waals surface area contributed by atoms with E-state index in [-0.39, 0.29) is 22.5 Å². The molecule has 6 heteroatoms. The van der Waals surface area contributed by atoms with Crippen molar-refractivity contribution in [2.45, 2.75) is 24.6 Å². The van der Waals surface area contributed by atoms with Crippen molar-refractivity contribution in [3.05, 3.63) is 65.5 Å². The van der Waals surface area contributed by atoms with E-state index in [2.05, 4.69) is 0 Å². The molecule has 2 aliphatic rings. The number of hydrogen-bond acceptors (Lipinski definition) is 3. The third kappa shape index (κ3) is 3.34. The number of carbonyl (C=O) groups excluding carboxylic acids is 2. The standard InChI is InChI=1S/C21H21FN2O2S/c1-15-2-4-16(5-3-15)20(26)23-12-10-21(11-13-23)24(19(25)14-27-21)18-8-6-17(22)7-9-18/h2-9H,10-14H2,1H3. The number of anilines is 1. The number of carbonyl (C=O) groups is 2. The van der Waals surface area contributed by atoms with Gasteiger partial charge in [0.2, 0.25) is 5.91 Å². The molecule has 2 aromatic carbocycles. The van der Waals surface area contributed by atoms with Gasteiger partial charge in [-0.3, -0.25) is 14.5 Å². The Morgan fingerprint density at radius 3 is 2.30 bits per heavy atom. The summed E-state index contributed by atoms with van der Waals surface area (Å²) in [4.78, 5) is 28.6. The summed E-state index contributed by atoms with van der Waals surface area (Å²) in [7, 11) is 0. The fourth-order valence-electron chi connectivity index (χ4n) is 3.83.